The molecule has 134 valence electrons. The number of aromatic nitrogens is 1. The normalized spacial score (nSPS) is 15.4. The lowest BCUT2D eigenvalue weighted by Crippen LogP contribution is -3.13. The Morgan fingerprint density at radius 2 is 1.81 bits per heavy atom. The van der Waals surface area contributed by atoms with Gasteiger partial charge in [-0.25, -0.2) is 9.37 Å². The molecule has 1 saturated heterocycles. The van der Waals surface area contributed by atoms with Crippen molar-refractivity contribution in [1.82, 2.24) is 4.98 Å². The third kappa shape index (κ3) is 3.63. The van der Waals surface area contributed by atoms with Gasteiger partial charge in [-0.15, -0.1) is 0 Å². The fourth-order valence-corrected chi connectivity index (χ4v) is 3.51. The molecule has 3 aromatic rings. The number of benzene rings is 2. The summed E-state index contributed by atoms with van der Waals surface area (Å²) >= 11 is 0. The number of anilines is 1. The Bertz CT molecular complexity index is 867. The number of aryl methyl sites for hydroxylation is 1. The number of rotatable bonds is 4. The summed E-state index contributed by atoms with van der Waals surface area (Å²) in [5, 5.41) is 0. The molecule has 1 fully saturated rings. The maximum atomic E-state index is 13.0. The molecule has 0 unspecified atom stereocenters. The van der Waals surface area contributed by atoms with E-state index in [4.69, 9.17) is 4.42 Å². The van der Waals surface area contributed by atoms with Gasteiger partial charge < -0.3 is 14.2 Å². The molecule has 0 spiro atoms. The van der Waals surface area contributed by atoms with E-state index < -0.39 is 0 Å². The Kier molecular flexibility index (Phi) is 4.71. The van der Waals surface area contributed by atoms with Gasteiger partial charge in [0.25, 0.3) is 5.89 Å². The second-order valence-corrected chi connectivity index (χ2v) is 6.83. The van der Waals surface area contributed by atoms with Crippen LogP contribution in [0.25, 0.3) is 11.3 Å². The number of hydrogen-bond acceptors (Lipinski definition) is 3. The Morgan fingerprint density at radius 3 is 2.54 bits per heavy atom. The van der Waals surface area contributed by atoms with Crippen LogP contribution in [0, 0.1) is 12.7 Å². The Labute approximate surface area is 152 Å². The van der Waals surface area contributed by atoms with E-state index in [0.29, 0.717) is 5.76 Å². The third-order valence-electron chi connectivity index (χ3n) is 5.01. The van der Waals surface area contributed by atoms with Crippen molar-refractivity contribution in [3.05, 3.63) is 72.0 Å². The van der Waals surface area contributed by atoms with E-state index in [2.05, 4.69) is 41.1 Å². The summed E-state index contributed by atoms with van der Waals surface area (Å²) in [6.45, 7) is 7.13. The number of para-hydroxylation sites is 1. The van der Waals surface area contributed by atoms with Crippen LogP contribution in [-0.2, 0) is 6.54 Å². The van der Waals surface area contributed by atoms with Crippen LogP contribution in [0.15, 0.2) is 59.1 Å². The van der Waals surface area contributed by atoms with E-state index in [-0.39, 0.29) is 5.82 Å². The van der Waals surface area contributed by atoms with Crippen LogP contribution in [0.3, 0.4) is 0 Å². The molecule has 4 rings (SSSR count). The highest BCUT2D eigenvalue weighted by Gasteiger charge is 2.22. The Balaban J connectivity index is 1.36. The van der Waals surface area contributed by atoms with Crippen LogP contribution in [-0.4, -0.2) is 31.2 Å². The van der Waals surface area contributed by atoms with Crippen LogP contribution in [0.5, 0.6) is 0 Å². The van der Waals surface area contributed by atoms with Gasteiger partial charge in [0.1, 0.15) is 5.82 Å². The van der Waals surface area contributed by atoms with Crippen molar-refractivity contribution in [2.75, 3.05) is 31.1 Å². The fourth-order valence-electron chi connectivity index (χ4n) is 3.51. The zero-order chi connectivity index (χ0) is 17.9. The molecule has 0 amide bonds. The van der Waals surface area contributed by atoms with Crippen molar-refractivity contribution in [3.63, 3.8) is 0 Å². The quantitative estimate of drug-likeness (QED) is 0.784. The van der Waals surface area contributed by atoms with Gasteiger partial charge >= 0.3 is 0 Å². The summed E-state index contributed by atoms with van der Waals surface area (Å²) in [7, 11) is 0. The van der Waals surface area contributed by atoms with E-state index >= 15 is 0 Å². The second kappa shape index (κ2) is 7.30. The van der Waals surface area contributed by atoms with Crippen LogP contribution < -0.4 is 9.80 Å². The second-order valence-electron chi connectivity index (χ2n) is 6.83. The van der Waals surface area contributed by atoms with Crippen molar-refractivity contribution < 1.29 is 13.7 Å². The molecule has 5 heteroatoms. The third-order valence-corrected chi connectivity index (χ3v) is 5.01. The van der Waals surface area contributed by atoms with Crippen molar-refractivity contribution in [2.24, 2.45) is 0 Å². The van der Waals surface area contributed by atoms with E-state index in [1.807, 2.05) is 0 Å². The van der Waals surface area contributed by atoms with E-state index in [0.717, 1.165) is 44.2 Å². The molecule has 2 aromatic carbocycles. The van der Waals surface area contributed by atoms with Gasteiger partial charge in [-0.1, -0.05) is 18.2 Å². The largest absolute Gasteiger partial charge is 0.435 e. The highest BCUT2D eigenvalue weighted by Crippen LogP contribution is 2.21. The first-order valence-electron chi connectivity index (χ1n) is 9.04. The van der Waals surface area contributed by atoms with Crippen LogP contribution in [0.2, 0.25) is 0 Å². The molecular weight excluding hydrogens is 329 g/mol. The number of quaternary nitrogens is 1. The molecule has 1 aliphatic rings. The summed E-state index contributed by atoms with van der Waals surface area (Å²) < 4.78 is 18.9. The van der Waals surface area contributed by atoms with Crippen molar-refractivity contribution >= 4 is 5.69 Å². The zero-order valence-electron chi connectivity index (χ0n) is 14.9. The van der Waals surface area contributed by atoms with Gasteiger partial charge in [0.2, 0.25) is 0 Å². The smallest absolute Gasteiger partial charge is 0.250 e. The van der Waals surface area contributed by atoms with E-state index in [1.54, 1.807) is 18.3 Å². The average molecular weight is 352 g/mol. The minimum atomic E-state index is -0.246. The van der Waals surface area contributed by atoms with E-state index in [1.165, 1.54) is 28.3 Å². The molecule has 26 heavy (non-hydrogen) atoms. The highest BCUT2D eigenvalue weighted by atomic mass is 19.1. The summed E-state index contributed by atoms with van der Waals surface area (Å²) in [5.74, 6) is 1.19. The first-order chi connectivity index (χ1) is 12.7. The molecule has 2 heterocycles. The number of oxazole rings is 1. The van der Waals surface area contributed by atoms with Crippen LogP contribution in [0.4, 0.5) is 10.1 Å². The maximum Gasteiger partial charge on any atom is 0.250 e. The number of piperazine rings is 1. The van der Waals surface area contributed by atoms with Crippen molar-refractivity contribution in [3.8, 4) is 11.3 Å². The number of halogens is 1. The Hall–Kier alpha value is -2.66. The number of nitrogens with one attached hydrogen (secondary N) is 1. The molecule has 0 saturated carbocycles. The summed E-state index contributed by atoms with van der Waals surface area (Å²) in [4.78, 5) is 8.34. The van der Waals surface area contributed by atoms with Gasteiger partial charge in [-0.2, -0.15) is 0 Å². The first-order valence-corrected chi connectivity index (χ1v) is 9.04. The minimum absolute atomic E-state index is 0.246. The summed E-state index contributed by atoms with van der Waals surface area (Å²) in [6, 6.07) is 14.9. The average Bonchev–Trinajstić information content (AvgIpc) is 3.12. The molecule has 1 aliphatic heterocycles. The van der Waals surface area contributed by atoms with Gasteiger partial charge in [0, 0.05) is 11.3 Å². The van der Waals surface area contributed by atoms with Crippen LogP contribution >= 0.6 is 0 Å². The highest BCUT2D eigenvalue weighted by molar-refractivity contribution is 5.56. The minimum Gasteiger partial charge on any atom is -0.435 e. The molecule has 0 radical (unpaired) electrons. The van der Waals surface area contributed by atoms with Crippen molar-refractivity contribution in [2.45, 2.75) is 13.5 Å². The first kappa shape index (κ1) is 16.8. The molecule has 1 aromatic heterocycles. The van der Waals surface area contributed by atoms with Gasteiger partial charge in [-0.05, 0) is 42.8 Å². The number of nitrogens with zero attached hydrogens (tertiary/aromatic N) is 2. The summed E-state index contributed by atoms with van der Waals surface area (Å²) in [6.07, 6.45) is 1.73. The lowest BCUT2D eigenvalue weighted by atomic mass is 10.1. The topological polar surface area (TPSA) is 33.7 Å². The zero-order valence-corrected chi connectivity index (χ0v) is 14.9. The lowest BCUT2D eigenvalue weighted by Gasteiger charge is -2.33. The monoisotopic (exact) mass is 352 g/mol. The standard InChI is InChI=1S/C21H22FN3O/c1-16-4-2-3-5-19(16)25-12-10-24(11-13-25)15-21-23-14-20(26-21)17-6-8-18(22)9-7-17/h2-9,14H,10-13,15H2,1H3/p+1. The van der Waals surface area contributed by atoms with E-state index in [9.17, 15) is 4.39 Å². The van der Waals surface area contributed by atoms with Gasteiger partial charge in [0.05, 0.1) is 32.4 Å². The predicted molar refractivity (Wildman–Crippen MR) is 99.7 cm³/mol. The van der Waals surface area contributed by atoms with Gasteiger partial charge in [-0.3, -0.25) is 0 Å². The predicted octanol–water partition coefficient (Wildman–Crippen LogP) is 2.69. The molecular formula is C21H23FN3O+. The molecule has 0 atom stereocenters. The number of hydrogen-bond donors (Lipinski definition) is 1. The SMILES string of the molecule is Cc1ccccc1N1CC[NH+](Cc2ncc(-c3ccc(F)cc3)o2)CC1. The van der Waals surface area contributed by atoms with Crippen LogP contribution in [0.1, 0.15) is 11.5 Å². The molecule has 0 aliphatic carbocycles. The van der Waals surface area contributed by atoms with Crippen molar-refractivity contribution in [1.29, 1.82) is 0 Å². The molecule has 4 nitrogen and oxygen atoms in total. The Morgan fingerprint density at radius 1 is 1.08 bits per heavy atom. The molecule has 1 N–H and O–H groups in total. The lowest BCUT2D eigenvalue weighted by molar-refractivity contribution is -0.915. The fraction of sp³-hybridized carbons (Fsp3) is 0.286. The molecule has 0 bridgehead atoms. The summed E-state index contributed by atoms with van der Waals surface area (Å²) in [5.41, 5.74) is 3.51. The van der Waals surface area contributed by atoms with Gasteiger partial charge in [0.15, 0.2) is 12.3 Å². The maximum absolute atomic E-state index is 13.0.